The summed E-state index contributed by atoms with van der Waals surface area (Å²) in [6.45, 7) is 11.2. The van der Waals surface area contributed by atoms with Gasteiger partial charge in [0.1, 0.15) is 0 Å². The standard InChI is InChI=1S/C12H26N2O/c1-6-7-10(4)8-13-11(5)12(15)14-9(2)3/h9-11,13H,6-8H2,1-5H3,(H,14,15). The molecule has 0 spiro atoms. The lowest BCUT2D eigenvalue weighted by molar-refractivity contribution is -0.123. The molecule has 3 nitrogen and oxygen atoms in total. The minimum atomic E-state index is -0.0910. The summed E-state index contributed by atoms with van der Waals surface area (Å²) >= 11 is 0. The van der Waals surface area contributed by atoms with E-state index in [1.165, 1.54) is 12.8 Å². The van der Waals surface area contributed by atoms with E-state index in [1.54, 1.807) is 0 Å². The number of rotatable bonds is 7. The topological polar surface area (TPSA) is 41.1 Å². The second-order valence-corrected chi connectivity index (χ2v) is 4.69. The first kappa shape index (κ1) is 14.4. The van der Waals surface area contributed by atoms with Gasteiger partial charge in [-0.15, -0.1) is 0 Å². The van der Waals surface area contributed by atoms with E-state index in [2.05, 4.69) is 24.5 Å². The predicted octanol–water partition coefficient (Wildman–Crippen LogP) is 1.93. The maximum Gasteiger partial charge on any atom is 0.237 e. The summed E-state index contributed by atoms with van der Waals surface area (Å²) in [7, 11) is 0. The molecule has 90 valence electrons. The van der Waals surface area contributed by atoms with Gasteiger partial charge in [0.25, 0.3) is 0 Å². The average molecular weight is 214 g/mol. The fourth-order valence-electron chi connectivity index (χ4n) is 1.48. The van der Waals surface area contributed by atoms with Crippen molar-refractivity contribution in [3.63, 3.8) is 0 Å². The molecule has 2 atom stereocenters. The van der Waals surface area contributed by atoms with Gasteiger partial charge in [0.05, 0.1) is 6.04 Å². The highest BCUT2D eigenvalue weighted by Crippen LogP contribution is 2.03. The fourth-order valence-corrected chi connectivity index (χ4v) is 1.48. The highest BCUT2D eigenvalue weighted by Gasteiger charge is 2.13. The van der Waals surface area contributed by atoms with Crippen LogP contribution in [0.15, 0.2) is 0 Å². The van der Waals surface area contributed by atoms with Gasteiger partial charge in [-0.3, -0.25) is 4.79 Å². The normalized spacial score (nSPS) is 15.1. The molecule has 2 N–H and O–H groups in total. The summed E-state index contributed by atoms with van der Waals surface area (Å²) in [6, 6.07) is 0.126. The molecule has 1 amide bonds. The van der Waals surface area contributed by atoms with Crippen molar-refractivity contribution in [2.75, 3.05) is 6.54 Å². The van der Waals surface area contributed by atoms with Crippen LogP contribution in [0.2, 0.25) is 0 Å². The summed E-state index contributed by atoms with van der Waals surface area (Å²) in [5.41, 5.74) is 0. The summed E-state index contributed by atoms with van der Waals surface area (Å²) in [6.07, 6.45) is 2.42. The van der Waals surface area contributed by atoms with Crippen LogP contribution in [-0.2, 0) is 4.79 Å². The van der Waals surface area contributed by atoms with E-state index in [-0.39, 0.29) is 18.0 Å². The third-order valence-electron chi connectivity index (χ3n) is 2.38. The number of amides is 1. The summed E-state index contributed by atoms with van der Waals surface area (Å²) in [4.78, 5) is 11.6. The van der Waals surface area contributed by atoms with Crippen molar-refractivity contribution < 1.29 is 4.79 Å². The van der Waals surface area contributed by atoms with E-state index in [1.807, 2.05) is 20.8 Å². The Bertz CT molecular complexity index is 180. The molecule has 0 aromatic carbocycles. The molecule has 0 fully saturated rings. The van der Waals surface area contributed by atoms with Crippen molar-refractivity contribution in [3.8, 4) is 0 Å². The minimum absolute atomic E-state index is 0.0910. The van der Waals surface area contributed by atoms with Gasteiger partial charge in [-0.05, 0) is 39.7 Å². The maximum atomic E-state index is 11.6. The molecular formula is C12H26N2O. The zero-order chi connectivity index (χ0) is 11.8. The molecule has 0 aromatic rings. The van der Waals surface area contributed by atoms with Gasteiger partial charge in [0, 0.05) is 6.04 Å². The molecule has 0 aliphatic heterocycles. The molecule has 0 saturated heterocycles. The Morgan fingerprint density at radius 2 is 1.80 bits per heavy atom. The van der Waals surface area contributed by atoms with Crippen LogP contribution in [0.1, 0.15) is 47.5 Å². The molecule has 3 heteroatoms. The Morgan fingerprint density at radius 1 is 1.20 bits per heavy atom. The first-order valence-corrected chi connectivity index (χ1v) is 6.01. The Balaban J connectivity index is 3.72. The zero-order valence-electron chi connectivity index (χ0n) is 10.8. The molecule has 2 unspecified atom stereocenters. The maximum absolute atomic E-state index is 11.6. The lowest BCUT2D eigenvalue weighted by atomic mass is 10.1. The van der Waals surface area contributed by atoms with Crippen molar-refractivity contribution in [1.29, 1.82) is 0 Å². The predicted molar refractivity (Wildman–Crippen MR) is 64.8 cm³/mol. The van der Waals surface area contributed by atoms with Crippen LogP contribution < -0.4 is 10.6 Å². The minimum Gasteiger partial charge on any atom is -0.353 e. The second kappa shape index (κ2) is 7.69. The van der Waals surface area contributed by atoms with Gasteiger partial charge in [-0.1, -0.05) is 20.3 Å². The number of hydrogen-bond acceptors (Lipinski definition) is 2. The number of carbonyl (C=O) groups is 1. The summed E-state index contributed by atoms with van der Waals surface area (Å²) in [5.74, 6) is 0.734. The Kier molecular flexibility index (Phi) is 7.39. The third kappa shape index (κ3) is 7.37. The van der Waals surface area contributed by atoms with Crippen molar-refractivity contribution in [2.24, 2.45) is 5.92 Å². The van der Waals surface area contributed by atoms with Crippen LogP contribution in [0, 0.1) is 5.92 Å². The van der Waals surface area contributed by atoms with E-state index in [0.29, 0.717) is 5.92 Å². The van der Waals surface area contributed by atoms with E-state index in [4.69, 9.17) is 0 Å². The van der Waals surface area contributed by atoms with E-state index < -0.39 is 0 Å². The third-order valence-corrected chi connectivity index (χ3v) is 2.38. The first-order valence-electron chi connectivity index (χ1n) is 6.01. The monoisotopic (exact) mass is 214 g/mol. The van der Waals surface area contributed by atoms with Gasteiger partial charge < -0.3 is 10.6 Å². The van der Waals surface area contributed by atoms with Crippen LogP contribution in [0.5, 0.6) is 0 Å². The number of hydrogen-bond donors (Lipinski definition) is 2. The molecule has 0 saturated carbocycles. The van der Waals surface area contributed by atoms with Crippen LogP contribution in [0.25, 0.3) is 0 Å². The van der Waals surface area contributed by atoms with Crippen molar-refractivity contribution in [2.45, 2.75) is 59.5 Å². The van der Waals surface area contributed by atoms with Crippen LogP contribution in [-0.4, -0.2) is 24.5 Å². The highest BCUT2D eigenvalue weighted by molar-refractivity contribution is 5.81. The molecule has 15 heavy (non-hydrogen) atoms. The molecule has 0 heterocycles. The number of carbonyl (C=O) groups excluding carboxylic acids is 1. The van der Waals surface area contributed by atoms with Crippen molar-refractivity contribution in [3.05, 3.63) is 0 Å². The van der Waals surface area contributed by atoms with Crippen molar-refractivity contribution in [1.82, 2.24) is 10.6 Å². The first-order chi connectivity index (χ1) is 6.97. The van der Waals surface area contributed by atoms with E-state index in [9.17, 15) is 4.79 Å². The lowest BCUT2D eigenvalue weighted by Crippen LogP contribution is -2.45. The van der Waals surface area contributed by atoms with Gasteiger partial charge in [-0.2, -0.15) is 0 Å². The molecule has 0 rings (SSSR count). The quantitative estimate of drug-likeness (QED) is 0.680. The number of nitrogens with one attached hydrogen (secondary N) is 2. The van der Waals surface area contributed by atoms with E-state index in [0.717, 1.165) is 6.54 Å². The van der Waals surface area contributed by atoms with Crippen LogP contribution in [0.4, 0.5) is 0 Å². The summed E-state index contributed by atoms with van der Waals surface area (Å²) < 4.78 is 0. The molecule has 0 aromatic heterocycles. The fraction of sp³-hybridized carbons (Fsp3) is 0.917. The van der Waals surface area contributed by atoms with Gasteiger partial charge >= 0.3 is 0 Å². The molecular weight excluding hydrogens is 188 g/mol. The van der Waals surface area contributed by atoms with Gasteiger partial charge in [0.15, 0.2) is 0 Å². The summed E-state index contributed by atoms with van der Waals surface area (Å²) in [5, 5.41) is 6.16. The smallest absolute Gasteiger partial charge is 0.237 e. The molecule has 0 radical (unpaired) electrons. The Morgan fingerprint density at radius 3 is 2.27 bits per heavy atom. The highest BCUT2D eigenvalue weighted by atomic mass is 16.2. The molecule has 0 aliphatic rings. The largest absolute Gasteiger partial charge is 0.353 e. The molecule has 0 aliphatic carbocycles. The van der Waals surface area contributed by atoms with Gasteiger partial charge in [-0.25, -0.2) is 0 Å². The average Bonchev–Trinajstić information content (AvgIpc) is 2.13. The SMILES string of the molecule is CCCC(C)CNC(C)C(=O)NC(C)C. The Hall–Kier alpha value is -0.570. The van der Waals surface area contributed by atoms with Crippen LogP contribution >= 0.6 is 0 Å². The van der Waals surface area contributed by atoms with Crippen molar-refractivity contribution >= 4 is 5.91 Å². The lowest BCUT2D eigenvalue weighted by Gasteiger charge is -2.18. The Labute approximate surface area is 94.0 Å². The zero-order valence-corrected chi connectivity index (χ0v) is 10.8. The van der Waals surface area contributed by atoms with Crippen LogP contribution in [0.3, 0.4) is 0 Å². The van der Waals surface area contributed by atoms with E-state index >= 15 is 0 Å². The van der Waals surface area contributed by atoms with Gasteiger partial charge in [0.2, 0.25) is 5.91 Å². The molecule has 0 bridgehead atoms. The second-order valence-electron chi connectivity index (χ2n) is 4.69.